The average molecular weight is 419 g/mol. The molecular formula is C20H26N4O4S. The Morgan fingerprint density at radius 3 is 2.52 bits per heavy atom. The number of nitrogens with zero attached hydrogens (tertiary/aromatic N) is 3. The van der Waals surface area contributed by atoms with Gasteiger partial charge < -0.3 is 15.0 Å². The summed E-state index contributed by atoms with van der Waals surface area (Å²) in [5, 5.41) is 6.88. The molecule has 1 aromatic heterocycles. The van der Waals surface area contributed by atoms with E-state index in [4.69, 9.17) is 4.74 Å². The lowest BCUT2D eigenvalue weighted by Gasteiger charge is -2.16. The highest BCUT2D eigenvalue weighted by Gasteiger charge is 2.22. The van der Waals surface area contributed by atoms with Crippen LogP contribution in [0.15, 0.2) is 41.4 Å². The Bertz CT molecular complexity index is 879. The fourth-order valence-corrected chi connectivity index (χ4v) is 3.38. The van der Waals surface area contributed by atoms with Crippen LogP contribution < -0.4 is 5.32 Å². The number of rotatable bonds is 8. The van der Waals surface area contributed by atoms with Crippen LogP contribution >= 0.6 is 11.8 Å². The predicted molar refractivity (Wildman–Crippen MR) is 112 cm³/mol. The zero-order valence-corrected chi connectivity index (χ0v) is 18.0. The second-order valence-electron chi connectivity index (χ2n) is 6.86. The Morgan fingerprint density at radius 1 is 1.17 bits per heavy atom. The Balaban J connectivity index is 2.03. The van der Waals surface area contributed by atoms with Crippen LogP contribution in [0.4, 0.5) is 5.82 Å². The van der Waals surface area contributed by atoms with Gasteiger partial charge in [0.2, 0.25) is 5.91 Å². The first-order valence-corrected chi connectivity index (χ1v) is 10.2. The number of hydrogen-bond donors (Lipinski definition) is 1. The van der Waals surface area contributed by atoms with Gasteiger partial charge >= 0.3 is 5.97 Å². The third-order valence-corrected chi connectivity index (χ3v) is 5.08. The van der Waals surface area contributed by atoms with Gasteiger partial charge in [0.15, 0.2) is 6.10 Å². The Labute approximate surface area is 174 Å². The molecular weight excluding hydrogens is 392 g/mol. The Morgan fingerprint density at radius 2 is 1.86 bits per heavy atom. The summed E-state index contributed by atoms with van der Waals surface area (Å²) in [7, 11) is 3.35. The average Bonchev–Trinajstić information content (AvgIpc) is 3.14. The molecule has 0 saturated heterocycles. The third kappa shape index (κ3) is 6.08. The van der Waals surface area contributed by atoms with Crippen LogP contribution in [0.2, 0.25) is 0 Å². The lowest BCUT2D eigenvalue weighted by molar-refractivity contribution is -0.126. The van der Waals surface area contributed by atoms with Crippen molar-refractivity contribution in [1.29, 1.82) is 0 Å². The predicted octanol–water partition coefficient (Wildman–Crippen LogP) is 2.83. The van der Waals surface area contributed by atoms with Crippen molar-refractivity contribution in [3.8, 4) is 0 Å². The summed E-state index contributed by atoms with van der Waals surface area (Å²) in [4.78, 5) is 39.0. The number of amides is 2. The largest absolute Gasteiger partial charge is 0.449 e. The van der Waals surface area contributed by atoms with Gasteiger partial charge in [-0.15, -0.1) is 11.8 Å². The maximum atomic E-state index is 12.6. The van der Waals surface area contributed by atoms with E-state index in [1.54, 1.807) is 55.3 Å². The first kappa shape index (κ1) is 22.5. The van der Waals surface area contributed by atoms with Gasteiger partial charge in [0.25, 0.3) is 5.91 Å². The van der Waals surface area contributed by atoms with Crippen molar-refractivity contribution in [3.63, 3.8) is 0 Å². The van der Waals surface area contributed by atoms with Gasteiger partial charge in [-0.3, -0.25) is 9.59 Å². The monoisotopic (exact) mass is 418 g/mol. The van der Waals surface area contributed by atoms with Crippen molar-refractivity contribution < 1.29 is 19.1 Å². The van der Waals surface area contributed by atoms with Gasteiger partial charge in [-0.05, 0) is 32.9 Å². The van der Waals surface area contributed by atoms with Gasteiger partial charge in [-0.2, -0.15) is 5.10 Å². The molecule has 0 spiro atoms. The van der Waals surface area contributed by atoms with Crippen LogP contribution in [0.25, 0.3) is 0 Å². The summed E-state index contributed by atoms with van der Waals surface area (Å²) in [6.07, 6.45) is 0.592. The summed E-state index contributed by atoms with van der Waals surface area (Å²) in [5.74, 6) is -0.398. The lowest BCUT2D eigenvalue weighted by atomic mass is 10.2. The molecule has 0 aliphatic rings. The fraction of sp³-hybridized carbons (Fsp3) is 0.400. The number of thioether (sulfide) groups is 1. The van der Waals surface area contributed by atoms with Crippen molar-refractivity contribution >= 4 is 35.4 Å². The summed E-state index contributed by atoms with van der Waals surface area (Å²) in [5.41, 5.74) is 0.316. The van der Waals surface area contributed by atoms with E-state index in [-0.39, 0.29) is 17.7 Å². The Hall–Kier alpha value is -2.81. The van der Waals surface area contributed by atoms with E-state index in [0.29, 0.717) is 16.3 Å². The van der Waals surface area contributed by atoms with E-state index < -0.39 is 18.0 Å². The zero-order chi connectivity index (χ0) is 21.6. The summed E-state index contributed by atoms with van der Waals surface area (Å²) in [6.45, 7) is 5.40. The van der Waals surface area contributed by atoms with Crippen molar-refractivity contribution in [2.45, 2.75) is 37.8 Å². The van der Waals surface area contributed by atoms with Crippen LogP contribution in [0.1, 0.15) is 37.2 Å². The summed E-state index contributed by atoms with van der Waals surface area (Å²) >= 11 is 1.25. The second kappa shape index (κ2) is 10.1. The maximum Gasteiger partial charge on any atom is 0.340 e. The van der Waals surface area contributed by atoms with Gasteiger partial charge in [0, 0.05) is 31.1 Å². The Kier molecular flexibility index (Phi) is 7.83. The minimum atomic E-state index is -1.00. The number of benzene rings is 1. The highest BCUT2D eigenvalue weighted by Crippen LogP contribution is 2.24. The topological polar surface area (TPSA) is 93.5 Å². The highest BCUT2D eigenvalue weighted by molar-refractivity contribution is 8.00. The quantitative estimate of drug-likeness (QED) is 0.523. The molecule has 29 heavy (non-hydrogen) atoms. The molecule has 0 radical (unpaired) electrons. The fourth-order valence-electron chi connectivity index (χ4n) is 2.36. The molecule has 2 aromatic rings. The van der Waals surface area contributed by atoms with E-state index in [0.717, 1.165) is 0 Å². The highest BCUT2D eigenvalue weighted by atomic mass is 32.2. The molecule has 0 bridgehead atoms. The second-order valence-corrected chi connectivity index (χ2v) is 7.88. The molecule has 1 atom stereocenters. The normalized spacial score (nSPS) is 11.8. The van der Waals surface area contributed by atoms with Crippen LogP contribution in [-0.2, 0) is 14.3 Å². The van der Waals surface area contributed by atoms with E-state index >= 15 is 0 Å². The minimum Gasteiger partial charge on any atom is -0.449 e. The van der Waals surface area contributed by atoms with Gasteiger partial charge in [-0.1, -0.05) is 12.1 Å². The van der Waals surface area contributed by atoms with Crippen molar-refractivity contribution in [1.82, 2.24) is 14.7 Å². The first-order valence-electron chi connectivity index (χ1n) is 9.18. The molecule has 8 nitrogen and oxygen atoms in total. The molecule has 2 amide bonds. The molecule has 9 heteroatoms. The van der Waals surface area contributed by atoms with Crippen LogP contribution in [0.5, 0.6) is 0 Å². The maximum absolute atomic E-state index is 12.6. The summed E-state index contributed by atoms with van der Waals surface area (Å²) in [6, 6.07) is 8.61. The van der Waals surface area contributed by atoms with E-state index in [1.165, 1.54) is 23.6 Å². The molecule has 0 unspecified atom stereocenters. The standard InChI is InChI=1S/C20H26N4O4S/c1-13(2)24-17(10-11-21-24)22-19(26)14(3)28-20(27)15-8-6-7-9-16(15)29-12-18(25)23(4)5/h6-11,13-14H,12H2,1-5H3,(H,22,26)/t14-/m1/s1. The number of carbonyl (C=O) groups excluding carboxylic acids is 3. The number of nitrogens with one attached hydrogen (secondary N) is 1. The summed E-state index contributed by atoms with van der Waals surface area (Å²) < 4.78 is 7.02. The van der Waals surface area contributed by atoms with Gasteiger partial charge in [0.1, 0.15) is 5.82 Å². The van der Waals surface area contributed by atoms with Crippen molar-refractivity contribution in [3.05, 3.63) is 42.1 Å². The number of ether oxygens (including phenoxy) is 1. The molecule has 1 N–H and O–H groups in total. The molecule has 156 valence electrons. The third-order valence-electron chi connectivity index (χ3n) is 4.02. The van der Waals surface area contributed by atoms with Crippen molar-refractivity contribution in [2.24, 2.45) is 0 Å². The molecule has 1 heterocycles. The van der Waals surface area contributed by atoms with Crippen molar-refractivity contribution in [2.75, 3.05) is 25.2 Å². The van der Waals surface area contributed by atoms with Gasteiger partial charge in [0.05, 0.1) is 17.5 Å². The SMILES string of the molecule is CC(C)n1nccc1NC(=O)[C@@H](C)OC(=O)c1ccccc1SCC(=O)N(C)C. The van der Waals surface area contributed by atoms with E-state index in [2.05, 4.69) is 10.4 Å². The smallest absolute Gasteiger partial charge is 0.340 e. The number of anilines is 1. The number of hydrogen-bond acceptors (Lipinski definition) is 6. The number of carbonyl (C=O) groups is 3. The molecule has 0 aliphatic carbocycles. The number of aromatic nitrogens is 2. The van der Waals surface area contributed by atoms with E-state index in [1.807, 2.05) is 13.8 Å². The number of esters is 1. The first-order chi connectivity index (χ1) is 13.7. The lowest BCUT2D eigenvalue weighted by Crippen LogP contribution is -2.31. The van der Waals surface area contributed by atoms with Gasteiger partial charge in [-0.25, -0.2) is 9.48 Å². The molecule has 0 aliphatic heterocycles. The van der Waals surface area contributed by atoms with Crippen LogP contribution in [0.3, 0.4) is 0 Å². The molecule has 2 rings (SSSR count). The van der Waals surface area contributed by atoms with Crippen LogP contribution in [-0.4, -0.2) is 58.4 Å². The molecule has 1 aromatic carbocycles. The minimum absolute atomic E-state index is 0.0623. The van der Waals surface area contributed by atoms with Crippen LogP contribution in [0, 0.1) is 0 Å². The molecule has 0 saturated carbocycles. The zero-order valence-electron chi connectivity index (χ0n) is 17.2. The molecule has 0 fully saturated rings. The van der Waals surface area contributed by atoms with E-state index in [9.17, 15) is 14.4 Å².